The van der Waals surface area contributed by atoms with E-state index in [4.69, 9.17) is 33.0 Å². The number of carbonyl (C=O) groups is 2. The van der Waals surface area contributed by atoms with Gasteiger partial charge in [0.25, 0.3) is 5.91 Å². The van der Waals surface area contributed by atoms with Gasteiger partial charge in [0.05, 0.1) is 22.7 Å². The van der Waals surface area contributed by atoms with Gasteiger partial charge >= 0.3 is 5.97 Å². The molecule has 0 unspecified atom stereocenters. The van der Waals surface area contributed by atoms with Crippen LogP contribution in [0.1, 0.15) is 20.7 Å². The molecule has 2 N–H and O–H groups in total. The fourth-order valence-corrected chi connectivity index (χ4v) is 2.46. The van der Waals surface area contributed by atoms with Crippen molar-refractivity contribution >= 4 is 40.8 Å². The molecule has 7 heteroatoms. The van der Waals surface area contributed by atoms with Gasteiger partial charge in [-0.05, 0) is 30.3 Å². The predicted octanol–water partition coefficient (Wildman–Crippen LogP) is 3.95. The van der Waals surface area contributed by atoms with E-state index < -0.39 is 11.9 Å². The van der Waals surface area contributed by atoms with Crippen molar-refractivity contribution in [2.75, 3.05) is 12.4 Å². The molecule has 1 amide bonds. The van der Waals surface area contributed by atoms with Gasteiger partial charge in [0.1, 0.15) is 0 Å². The van der Waals surface area contributed by atoms with Crippen LogP contribution in [0.3, 0.4) is 0 Å². The summed E-state index contributed by atoms with van der Waals surface area (Å²) in [5, 5.41) is 11.9. The van der Waals surface area contributed by atoms with Crippen LogP contribution in [0.5, 0.6) is 5.75 Å². The lowest BCUT2D eigenvalue weighted by Gasteiger charge is -2.10. The van der Waals surface area contributed by atoms with Crippen LogP contribution in [-0.2, 0) is 0 Å². The maximum Gasteiger partial charge on any atom is 0.335 e. The molecular formula is C15H11Cl2NO4. The van der Waals surface area contributed by atoms with Crippen molar-refractivity contribution in [3.05, 3.63) is 57.6 Å². The van der Waals surface area contributed by atoms with Crippen molar-refractivity contribution in [3.63, 3.8) is 0 Å². The van der Waals surface area contributed by atoms with Crippen LogP contribution in [0.25, 0.3) is 0 Å². The van der Waals surface area contributed by atoms with Gasteiger partial charge in [-0.1, -0.05) is 29.3 Å². The Kier molecular flexibility index (Phi) is 4.90. The maximum absolute atomic E-state index is 12.2. The second kappa shape index (κ2) is 6.68. The zero-order chi connectivity index (χ0) is 16.3. The van der Waals surface area contributed by atoms with Crippen LogP contribution in [-0.4, -0.2) is 24.1 Å². The molecule has 0 aliphatic carbocycles. The molecule has 0 spiro atoms. The maximum atomic E-state index is 12.2. The molecular weight excluding hydrogens is 329 g/mol. The largest absolute Gasteiger partial charge is 0.494 e. The van der Waals surface area contributed by atoms with Gasteiger partial charge in [0.15, 0.2) is 5.75 Å². The molecule has 0 fully saturated rings. The van der Waals surface area contributed by atoms with E-state index in [1.54, 1.807) is 6.07 Å². The number of carbonyl (C=O) groups excluding carboxylic acids is 1. The van der Waals surface area contributed by atoms with E-state index in [1.165, 1.54) is 37.4 Å². The van der Waals surface area contributed by atoms with Gasteiger partial charge in [0, 0.05) is 11.3 Å². The van der Waals surface area contributed by atoms with Crippen LogP contribution < -0.4 is 10.1 Å². The van der Waals surface area contributed by atoms with E-state index in [0.29, 0.717) is 5.69 Å². The third kappa shape index (κ3) is 3.50. The molecule has 2 aromatic carbocycles. The molecule has 0 aliphatic rings. The first-order valence-electron chi connectivity index (χ1n) is 6.10. The van der Waals surface area contributed by atoms with Gasteiger partial charge in [-0.15, -0.1) is 0 Å². The minimum absolute atomic E-state index is 0.0728. The van der Waals surface area contributed by atoms with Crippen LogP contribution in [0, 0.1) is 0 Å². The number of rotatable bonds is 4. The average molecular weight is 340 g/mol. The van der Waals surface area contributed by atoms with E-state index in [2.05, 4.69) is 5.32 Å². The SMILES string of the molecule is COc1c(Cl)cc(C(=O)Nc2cccc(C(=O)O)c2)cc1Cl. The summed E-state index contributed by atoms with van der Waals surface area (Å²) < 4.78 is 5.01. The first-order valence-corrected chi connectivity index (χ1v) is 6.85. The summed E-state index contributed by atoms with van der Waals surface area (Å²) in [5.41, 5.74) is 0.660. The quantitative estimate of drug-likeness (QED) is 0.884. The van der Waals surface area contributed by atoms with Crippen molar-refractivity contribution in [1.29, 1.82) is 0 Å². The Labute approximate surface area is 136 Å². The number of hydrogen-bond acceptors (Lipinski definition) is 3. The Bertz CT molecular complexity index is 723. The summed E-state index contributed by atoms with van der Waals surface area (Å²) in [6.45, 7) is 0. The lowest BCUT2D eigenvalue weighted by molar-refractivity contribution is 0.0696. The second-order valence-corrected chi connectivity index (χ2v) is 5.13. The smallest absolute Gasteiger partial charge is 0.335 e. The Morgan fingerprint density at radius 1 is 1.09 bits per heavy atom. The Morgan fingerprint density at radius 3 is 2.27 bits per heavy atom. The number of ether oxygens (including phenoxy) is 1. The van der Waals surface area contributed by atoms with Crippen molar-refractivity contribution in [2.24, 2.45) is 0 Å². The van der Waals surface area contributed by atoms with Crippen molar-refractivity contribution < 1.29 is 19.4 Å². The minimum atomic E-state index is -1.08. The number of carboxylic acids is 1. The highest BCUT2D eigenvalue weighted by Crippen LogP contribution is 2.34. The summed E-state index contributed by atoms with van der Waals surface area (Å²) in [6.07, 6.45) is 0. The monoisotopic (exact) mass is 339 g/mol. The molecule has 22 heavy (non-hydrogen) atoms. The van der Waals surface area contributed by atoms with E-state index in [9.17, 15) is 9.59 Å². The van der Waals surface area contributed by atoms with E-state index in [-0.39, 0.29) is 26.9 Å². The van der Waals surface area contributed by atoms with Crippen LogP contribution in [0.2, 0.25) is 10.0 Å². The molecule has 0 saturated heterocycles. The first kappa shape index (κ1) is 16.1. The predicted molar refractivity (Wildman–Crippen MR) is 84.4 cm³/mol. The molecule has 0 atom stereocenters. The molecule has 0 aromatic heterocycles. The van der Waals surface area contributed by atoms with Crippen LogP contribution >= 0.6 is 23.2 Å². The highest BCUT2D eigenvalue weighted by molar-refractivity contribution is 6.37. The third-order valence-electron chi connectivity index (χ3n) is 2.83. The summed E-state index contributed by atoms with van der Waals surface area (Å²) in [5.74, 6) is -1.26. The fourth-order valence-electron chi connectivity index (χ4n) is 1.82. The molecule has 0 heterocycles. The summed E-state index contributed by atoms with van der Waals surface area (Å²) in [6, 6.07) is 8.74. The van der Waals surface area contributed by atoms with Crippen LogP contribution in [0.15, 0.2) is 36.4 Å². The summed E-state index contributed by atoms with van der Waals surface area (Å²) >= 11 is 12.0. The topological polar surface area (TPSA) is 75.6 Å². The number of nitrogens with one attached hydrogen (secondary N) is 1. The van der Waals surface area contributed by atoms with Gasteiger partial charge in [-0.2, -0.15) is 0 Å². The minimum Gasteiger partial charge on any atom is -0.494 e. The molecule has 0 radical (unpaired) electrons. The number of benzene rings is 2. The Morgan fingerprint density at radius 2 is 1.73 bits per heavy atom. The number of amides is 1. The highest BCUT2D eigenvalue weighted by atomic mass is 35.5. The Balaban J connectivity index is 2.26. The van der Waals surface area contributed by atoms with E-state index in [0.717, 1.165) is 0 Å². The fraction of sp³-hybridized carbons (Fsp3) is 0.0667. The molecule has 0 bridgehead atoms. The zero-order valence-electron chi connectivity index (χ0n) is 11.4. The van der Waals surface area contributed by atoms with Crippen molar-refractivity contribution in [3.8, 4) is 5.75 Å². The molecule has 114 valence electrons. The summed E-state index contributed by atoms with van der Waals surface area (Å²) in [7, 11) is 1.42. The molecule has 2 rings (SSSR count). The van der Waals surface area contributed by atoms with Crippen LogP contribution in [0.4, 0.5) is 5.69 Å². The number of hydrogen-bond donors (Lipinski definition) is 2. The Hall–Kier alpha value is -2.24. The number of halogens is 2. The molecule has 0 saturated carbocycles. The van der Waals surface area contributed by atoms with Gasteiger partial charge in [0.2, 0.25) is 0 Å². The zero-order valence-corrected chi connectivity index (χ0v) is 12.9. The van der Waals surface area contributed by atoms with Gasteiger partial charge in [-0.3, -0.25) is 4.79 Å². The van der Waals surface area contributed by atoms with Crippen molar-refractivity contribution in [2.45, 2.75) is 0 Å². The normalized spacial score (nSPS) is 10.1. The standard InChI is InChI=1S/C15H11Cl2NO4/c1-22-13-11(16)6-9(7-12(13)17)14(19)18-10-4-2-3-8(5-10)15(20)21/h2-7H,1H3,(H,18,19)(H,20,21). The lowest BCUT2D eigenvalue weighted by atomic mass is 10.1. The number of methoxy groups -OCH3 is 1. The van der Waals surface area contributed by atoms with E-state index in [1.807, 2.05) is 0 Å². The molecule has 0 aliphatic heterocycles. The van der Waals surface area contributed by atoms with Gasteiger partial charge in [-0.25, -0.2) is 4.79 Å². The summed E-state index contributed by atoms with van der Waals surface area (Å²) in [4.78, 5) is 23.1. The second-order valence-electron chi connectivity index (χ2n) is 4.31. The number of anilines is 1. The highest BCUT2D eigenvalue weighted by Gasteiger charge is 2.14. The average Bonchev–Trinajstić information content (AvgIpc) is 2.47. The van der Waals surface area contributed by atoms with E-state index >= 15 is 0 Å². The first-order chi connectivity index (χ1) is 10.4. The lowest BCUT2D eigenvalue weighted by Crippen LogP contribution is -2.12. The van der Waals surface area contributed by atoms with Crippen molar-refractivity contribution in [1.82, 2.24) is 0 Å². The molecule has 2 aromatic rings. The molecule has 5 nitrogen and oxygen atoms in total. The third-order valence-corrected chi connectivity index (χ3v) is 3.39. The number of carboxylic acid groups (broad SMARTS) is 1. The van der Waals surface area contributed by atoms with Gasteiger partial charge < -0.3 is 15.2 Å². The number of aromatic carboxylic acids is 1.